The van der Waals surface area contributed by atoms with Crippen molar-refractivity contribution in [2.75, 3.05) is 0 Å². The summed E-state index contributed by atoms with van der Waals surface area (Å²) < 4.78 is 0. The van der Waals surface area contributed by atoms with Gasteiger partial charge in [-0.05, 0) is 0 Å². The zero-order valence-corrected chi connectivity index (χ0v) is 6.67. The molecule has 0 aromatic heterocycles. The number of nitrogens with zero attached hydrogens (tertiary/aromatic N) is 1. The maximum Gasteiger partial charge on any atom is 0.291 e. The van der Waals surface area contributed by atoms with Crippen LogP contribution in [-0.4, -0.2) is 48.6 Å². The molecule has 0 radical (unpaired) electrons. The van der Waals surface area contributed by atoms with Gasteiger partial charge in [-0.15, -0.1) is 10.1 Å². The fourth-order valence-corrected chi connectivity index (χ4v) is 0. The van der Waals surface area contributed by atoms with Crippen LogP contribution in [0, 0.1) is 10.1 Å². The minimum absolute atomic E-state index is 0. The summed E-state index contributed by atoms with van der Waals surface area (Å²) in [6.07, 6.45) is 0. The quantitative estimate of drug-likeness (QED) is 0.247. The Morgan fingerprint density at radius 2 is 0.833 bits per heavy atom. The largest absolute Gasteiger partial charge is 0.412 e. The van der Waals surface area contributed by atoms with Gasteiger partial charge in [-0.2, -0.15) is 0 Å². The van der Waals surface area contributed by atoms with Crippen molar-refractivity contribution in [3.63, 3.8) is 0 Å². The van der Waals surface area contributed by atoms with E-state index in [1.54, 1.807) is 0 Å². The minimum Gasteiger partial charge on any atom is -0.412 e. The van der Waals surface area contributed by atoms with Crippen LogP contribution in [0.15, 0.2) is 0 Å². The zero-order valence-electron chi connectivity index (χ0n) is 5.56. The fraction of sp³-hybridized carbons (Fsp3) is 0. The molecule has 0 fully saturated rings. The third-order valence-corrected chi connectivity index (χ3v) is 0. The first-order valence-electron chi connectivity index (χ1n) is 0.565. The molecule has 0 aromatic rings. The van der Waals surface area contributed by atoms with Gasteiger partial charge in [0.05, 0.1) is 0 Å². The first-order valence-corrected chi connectivity index (χ1v) is 0.565. The molecule has 0 aliphatic carbocycles. The van der Waals surface area contributed by atoms with Crippen LogP contribution in [0.4, 0.5) is 0 Å². The van der Waals surface area contributed by atoms with Gasteiger partial charge in [0, 0.05) is 17.1 Å². The topological polar surface area (TPSA) is 284 Å². The van der Waals surface area contributed by atoms with Crippen LogP contribution in [-0.2, 0) is 17.1 Å². The van der Waals surface area contributed by atoms with Gasteiger partial charge in [0.15, 0.2) is 0 Å². The maximum atomic E-state index is 8.36. The Balaban J connectivity index is -0.00000000161. The molecule has 0 bridgehead atoms. The molecule has 0 unspecified atom stereocenters. The van der Waals surface area contributed by atoms with Gasteiger partial charge in [0.1, 0.15) is 0 Å². The minimum atomic E-state index is -1.50. The van der Waals surface area contributed by atoms with Crippen molar-refractivity contribution >= 4 is 0 Å². The summed E-state index contributed by atoms with van der Waals surface area (Å²) in [7, 11) is 0. The van der Waals surface area contributed by atoms with E-state index in [1.807, 2.05) is 0 Å². The molecule has 88 valence electrons. The first kappa shape index (κ1) is 209. The fourth-order valence-electron chi connectivity index (χ4n) is 0. The molecule has 12 heteroatoms. The summed E-state index contributed by atoms with van der Waals surface area (Å²) in [5.41, 5.74) is 0. The van der Waals surface area contributed by atoms with Gasteiger partial charge in [-0.25, -0.2) is 0 Å². The molecule has 0 saturated carbocycles. The van der Waals surface area contributed by atoms with E-state index >= 15 is 0 Å². The Labute approximate surface area is 76.7 Å². The van der Waals surface area contributed by atoms with Crippen molar-refractivity contribution in [1.29, 1.82) is 0 Å². The molecule has 0 rings (SSSR count). The molecular weight excluding hydrogens is 230 g/mol. The number of rotatable bonds is 0. The predicted molar refractivity (Wildman–Crippen MR) is 34.1 cm³/mol. The summed E-state index contributed by atoms with van der Waals surface area (Å²) in [5, 5.41) is 13.6. The molecule has 11 nitrogen and oxygen atoms in total. The van der Waals surface area contributed by atoms with Crippen LogP contribution in [0.2, 0.25) is 0 Å². The van der Waals surface area contributed by atoms with Crippen molar-refractivity contribution in [1.82, 2.24) is 0 Å². The molecule has 0 amide bonds. The smallest absolute Gasteiger partial charge is 0.291 e. The second-order valence-electron chi connectivity index (χ2n) is 0.238. The second-order valence-corrected chi connectivity index (χ2v) is 0.238. The standard InChI is InChI=1S/Fe.HNO3.7H2O/c;2-1(3)4;;;;;;;/h;(H,2,3,4);7*1H2. The molecule has 15 N–H and O–H groups in total. The first-order chi connectivity index (χ1) is 1.73. The van der Waals surface area contributed by atoms with Crippen LogP contribution in [0.25, 0.3) is 0 Å². The van der Waals surface area contributed by atoms with Gasteiger partial charge in [-0.1, -0.05) is 0 Å². The summed E-state index contributed by atoms with van der Waals surface area (Å²) in [6.45, 7) is 0. The normalized spacial score (nSPS) is 2.00. The van der Waals surface area contributed by atoms with Gasteiger partial charge in [0.2, 0.25) is 0 Å². The Kier molecular flexibility index (Phi) is 2730. The average Bonchev–Trinajstić information content (AvgIpc) is 0.811. The molecular formula is H15FeNO10. The van der Waals surface area contributed by atoms with Gasteiger partial charge < -0.3 is 43.5 Å². The summed E-state index contributed by atoms with van der Waals surface area (Å²) in [4.78, 5) is 8.36. The molecule has 0 spiro atoms. The molecule has 0 aliphatic rings. The number of hydrogen-bond acceptors (Lipinski definition) is 2. The Bertz CT molecular complexity index is 32.8. The maximum absolute atomic E-state index is 8.36. The third kappa shape index (κ3) is 2140. The van der Waals surface area contributed by atoms with Gasteiger partial charge >= 0.3 is 0 Å². The molecule has 12 heavy (non-hydrogen) atoms. The monoisotopic (exact) mass is 245 g/mol. The molecule has 0 heterocycles. The van der Waals surface area contributed by atoms with Crippen molar-refractivity contribution in [3.05, 3.63) is 10.1 Å². The van der Waals surface area contributed by atoms with Crippen molar-refractivity contribution < 1.29 is 65.7 Å². The van der Waals surface area contributed by atoms with E-state index in [-0.39, 0.29) is 55.4 Å². The van der Waals surface area contributed by atoms with E-state index in [0.717, 1.165) is 0 Å². The van der Waals surface area contributed by atoms with E-state index in [1.165, 1.54) is 0 Å². The number of hydrogen-bond donors (Lipinski definition) is 1. The van der Waals surface area contributed by atoms with Crippen molar-refractivity contribution in [2.45, 2.75) is 0 Å². The van der Waals surface area contributed by atoms with Crippen LogP contribution >= 0.6 is 0 Å². The average molecular weight is 245 g/mol. The molecule has 0 atom stereocenters. The van der Waals surface area contributed by atoms with Gasteiger partial charge in [0.25, 0.3) is 5.09 Å². The second kappa shape index (κ2) is 156. The van der Waals surface area contributed by atoms with Crippen LogP contribution in [0.3, 0.4) is 0 Å². The third-order valence-electron chi connectivity index (χ3n) is 0. The van der Waals surface area contributed by atoms with E-state index in [4.69, 9.17) is 15.3 Å². The summed E-state index contributed by atoms with van der Waals surface area (Å²) in [6, 6.07) is 0. The van der Waals surface area contributed by atoms with Crippen molar-refractivity contribution in [2.24, 2.45) is 0 Å². The Hall–Kier alpha value is -0.561. The zero-order chi connectivity index (χ0) is 3.58. The summed E-state index contributed by atoms with van der Waals surface area (Å²) >= 11 is 0. The molecule has 0 saturated heterocycles. The van der Waals surface area contributed by atoms with E-state index in [0.29, 0.717) is 0 Å². The van der Waals surface area contributed by atoms with Gasteiger partial charge in [-0.3, -0.25) is 0 Å². The summed E-state index contributed by atoms with van der Waals surface area (Å²) in [5.74, 6) is 0. The SMILES string of the molecule is O.O.O.O.O.O.O.O=[N+]([O-])O.[Fe]. The Morgan fingerprint density at radius 3 is 0.833 bits per heavy atom. The predicted octanol–water partition coefficient (Wildman–Crippen LogP) is -6.12. The molecule has 0 aliphatic heterocycles. The van der Waals surface area contributed by atoms with E-state index < -0.39 is 5.09 Å². The van der Waals surface area contributed by atoms with E-state index in [2.05, 4.69) is 0 Å². The van der Waals surface area contributed by atoms with Crippen LogP contribution in [0.1, 0.15) is 0 Å². The van der Waals surface area contributed by atoms with Crippen LogP contribution in [0.5, 0.6) is 0 Å². The molecule has 0 aromatic carbocycles. The van der Waals surface area contributed by atoms with E-state index in [9.17, 15) is 0 Å². The Morgan fingerprint density at radius 1 is 0.833 bits per heavy atom. The van der Waals surface area contributed by atoms with Crippen LogP contribution < -0.4 is 0 Å². The van der Waals surface area contributed by atoms with Crippen molar-refractivity contribution in [3.8, 4) is 0 Å².